The Morgan fingerprint density at radius 2 is 1.94 bits per heavy atom. The molecule has 0 spiro atoms. The number of hydrogen-bond acceptors (Lipinski definition) is 5. The summed E-state index contributed by atoms with van der Waals surface area (Å²) in [7, 11) is 0. The van der Waals surface area contributed by atoms with Crippen LogP contribution >= 0.6 is 0 Å². The monoisotopic (exact) mass is 474 g/mol. The number of carbonyl (C=O) groups is 1. The lowest BCUT2D eigenvalue weighted by Crippen LogP contribution is -2.39. The molecule has 190 valence electrons. The molecule has 3 saturated carbocycles. The van der Waals surface area contributed by atoms with E-state index in [4.69, 9.17) is 9.84 Å². The van der Waals surface area contributed by atoms with Crippen molar-refractivity contribution in [2.75, 3.05) is 0 Å². The van der Waals surface area contributed by atoms with Gasteiger partial charge in [-0.05, 0) is 86.7 Å². The largest absolute Gasteiger partial charge is 0.506 e. The number of aliphatic hydroxyl groups is 3. The molecule has 3 aliphatic rings. The molecule has 0 saturated heterocycles. The smallest absolute Gasteiger partial charge is 0.450 e. The van der Waals surface area contributed by atoms with Crippen LogP contribution in [0.1, 0.15) is 72.6 Å². The number of aliphatic hydroxyl groups excluding tert-OH is 3. The third kappa shape index (κ3) is 5.67. The first-order valence-corrected chi connectivity index (χ1v) is 12.6. The van der Waals surface area contributed by atoms with Gasteiger partial charge in [-0.1, -0.05) is 50.3 Å². The Bertz CT molecular complexity index is 868. The van der Waals surface area contributed by atoms with Crippen LogP contribution < -0.4 is 0 Å². The van der Waals surface area contributed by atoms with E-state index in [0.717, 1.165) is 43.3 Å². The van der Waals surface area contributed by atoms with Crippen molar-refractivity contribution < 1.29 is 30.0 Å². The topological polar surface area (TPSA) is 107 Å². The predicted octanol–water partition coefficient (Wildman–Crippen LogP) is 5.15. The maximum atomic E-state index is 10.9. The summed E-state index contributed by atoms with van der Waals surface area (Å²) >= 11 is 0. The van der Waals surface area contributed by atoms with Gasteiger partial charge in [0.05, 0.1) is 12.2 Å². The molecule has 6 nitrogen and oxygen atoms in total. The lowest BCUT2D eigenvalue weighted by atomic mass is 9.61. The molecule has 3 aliphatic carbocycles. The van der Waals surface area contributed by atoms with E-state index in [0.29, 0.717) is 24.7 Å². The highest BCUT2D eigenvalue weighted by Crippen LogP contribution is 2.59. The fourth-order valence-corrected chi connectivity index (χ4v) is 6.54. The van der Waals surface area contributed by atoms with Crippen molar-refractivity contribution in [1.29, 1.82) is 0 Å². The summed E-state index contributed by atoms with van der Waals surface area (Å²) in [6.07, 6.45) is 10.9. The van der Waals surface area contributed by atoms with Crippen molar-refractivity contribution in [3.8, 4) is 0 Å². The van der Waals surface area contributed by atoms with Crippen molar-refractivity contribution in [2.24, 2.45) is 23.2 Å². The van der Waals surface area contributed by atoms with E-state index >= 15 is 0 Å². The van der Waals surface area contributed by atoms with Crippen molar-refractivity contribution >= 4 is 6.16 Å². The molecule has 3 rings (SSSR count). The van der Waals surface area contributed by atoms with Crippen molar-refractivity contribution in [2.45, 2.75) is 96.6 Å². The molecule has 0 amide bonds. The van der Waals surface area contributed by atoms with Crippen LogP contribution in [0.5, 0.6) is 0 Å². The zero-order valence-electron chi connectivity index (χ0n) is 21.0. The molecule has 7 atom stereocenters. The van der Waals surface area contributed by atoms with Crippen LogP contribution in [-0.4, -0.2) is 50.5 Å². The third-order valence-electron chi connectivity index (χ3n) is 8.60. The fraction of sp³-hybridized carbons (Fsp3) is 0.679. The molecule has 6 heteroatoms. The highest BCUT2D eigenvalue weighted by Gasteiger charge is 2.50. The summed E-state index contributed by atoms with van der Waals surface area (Å²) < 4.78 is 4.84. The van der Waals surface area contributed by atoms with E-state index in [2.05, 4.69) is 32.6 Å². The first kappa shape index (κ1) is 26.7. The first-order valence-electron chi connectivity index (χ1n) is 12.6. The van der Waals surface area contributed by atoms with Gasteiger partial charge in [0.25, 0.3) is 0 Å². The second-order valence-corrected chi connectivity index (χ2v) is 11.3. The van der Waals surface area contributed by atoms with Crippen molar-refractivity contribution in [3.63, 3.8) is 0 Å². The zero-order chi connectivity index (χ0) is 25.3. The Hall–Kier alpha value is -1.89. The zero-order valence-corrected chi connectivity index (χ0v) is 21.0. The fourth-order valence-electron chi connectivity index (χ4n) is 6.54. The molecule has 0 aromatic heterocycles. The van der Waals surface area contributed by atoms with E-state index in [1.807, 2.05) is 6.08 Å². The highest BCUT2D eigenvalue weighted by molar-refractivity contribution is 5.57. The van der Waals surface area contributed by atoms with Crippen LogP contribution in [0.4, 0.5) is 4.79 Å². The predicted molar refractivity (Wildman–Crippen MR) is 132 cm³/mol. The quantitative estimate of drug-likeness (QED) is 0.313. The van der Waals surface area contributed by atoms with Gasteiger partial charge in [0.2, 0.25) is 0 Å². The number of ether oxygens (including phenoxy) is 1. The molecule has 3 fully saturated rings. The normalized spacial score (nSPS) is 36.6. The summed E-state index contributed by atoms with van der Waals surface area (Å²) in [4.78, 5) is 10.9. The molecule has 0 aromatic rings. The van der Waals surface area contributed by atoms with Crippen LogP contribution in [0.25, 0.3) is 0 Å². The molecule has 0 heterocycles. The van der Waals surface area contributed by atoms with Gasteiger partial charge >= 0.3 is 6.16 Å². The Labute approximate surface area is 203 Å². The third-order valence-corrected chi connectivity index (χ3v) is 8.60. The molecule has 34 heavy (non-hydrogen) atoms. The lowest BCUT2D eigenvalue weighted by Gasteiger charge is -2.44. The van der Waals surface area contributed by atoms with Gasteiger partial charge in [-0.15, -0.1) is 0 Å². The molecule has 0 aliphatic heterocycles. The Kier molecular flexibility index (Phi) is 8.16. The van der Waals surface area contributed by atoms with Crippen molar-refractivity contribution in [3.05, 3.63) is 47.6 Å². The maximum absolute atomic E-state index is 10.9. The van der Waals surface area contributed by atoms with Gasteiger partial charge < -0.3 is 25.2 Å². The minimum absolute atomic E-state index is 0.160. The average molecular weight is 475 g/mol. The number of fused-ring (bicyclic) bond motifs is 1. The molecular weight excluding hydrogens is 432 g/mol. The Morgan fingerprint density at radius 1 is 1.24 bits per heavy atom. The number of carboxylic acid groups (broad SMARTS) is 1. The van der Waals surface area contributed by atoms with Crippen LogP contribution in [0.3, 0.4) is 0 Å². The molecule has 0 bridgehead atoms. The summed E-state index contributed by atoms with van der Waals surface area (Å²) in [6.45, 7) is 11.7. The SMILES string of the molecule is C=C1/C(=C\C=C2/CCC[C@]3(C)[C@@H]([C@H](C)/C=C/[C@@H](O)C(C)(C)OC(=O)O)CC[C@@H]23)C[C@@H](O)C[C@@H]1O. The first-order chi connectivity index (χ1) is 15.8. The standard InChI is InChI=1S/C28H42O6/c1-17(8-13-25(31)27(3,4)34-26(32)33)22-11-12-23-19(7-6-14-28(22,23)5)9-10-20-15-21(29)16-24(30)18(20)2/h8-10,13,17,21-25,29-31H,2,6-7,11-12,14-16H2,1,3-5H3,(H,32,33)/b13-8+,19-9+,20-10-/t17-,21-,22-,23+,24+,25-,28-/m1/s1. The van der Waals surface area contributed by atoms with Gasteiger partial charge in [0, 0.05) is 6.42 Å². The number of allylic oxidation sites excluding steroid dienone is 4. The second-order valence-electron chi connectivity index (χ2n) is 11.3. The van der Waals surface area contributed by atoms with Crippen LogP contribution in [-0.2, 0) is 4.74 Å². The second kappa shape index (κ2) is 10.4. The van der Waals surface area contributed by atoms with Gasteiger partial charge in [-0.2, -0.15) is 0 Å². The van der Waals surface area contributed by atoms with Crippen LogP contribution in [0, 0.1) is 23.2 Å². The number of rotatable bonds is 6. The molecule has 0 unspecified atom stereocenters. The van der Waals surface area contributed by atoms with Crippen LogP contribution in [0.2, 0.25) is 0 Å². The summed E-state index contributed by atoms with van der Waals surface area (Å²) in [5.41, 5.74) is 2.06. The molecule has 0 aromatic carbocycles. The van der Waals surface area contributed by atoms with Gasteiger partial charge in [0.1, 0.15) is 11.7 Å². The Balaban J connectivity index is 1.73. The van der Waals surface area contributed by atoms with E-state index in [1.165, 1.54) is 5.57 Å². The van der Waals surface area contributed by atoms with E-state index in [1.54, 1.807) is 19.9 Å². The number of hydrogen-bond donors (Lipinski definition) is 4. The van der Waals surface area contributed by atoms with Gasteiger partial charge in [0.15, 0.2) is 0 Å². The van der Waals surface area contributed by atoms with E-state index in [9.17, 15) is 20.1 Å². The van der Waals surface area contributed by atoms with E-state index in [-0.39, 0.29) is 11.3 Å². The molecule has 4 N–H and O–H groups in total. The minimum atomic E-state index is -1.39. The molecule has 0 radical (unpaired) electrons. The van der Waals surface area contributed by atoms with Gasteiger partial charge in [-0.3, -0.25) is 0 Å². The summed E-state index contributed by atoms with van der Waals surface area (Å²) in [5.74, 6) is 1.20. The Morgan fingerprint density at radius 3 is 2.62 bits per heavy atom. The van der Waals surface area contributed by atoms with Crippen molar-refractivity contribution in [1.82, 2.24) is 0 Å². The lowest BCUT2D eigenvalue weighted by molar-refractivity contribution is -0.0562. The average Bonchev–Trinajstić information content (AvgIpc) is 3.09. The maximum Gasteiger partial charge on any atom is 0.506 e. The summed E-state index contributed by atoms with van der Waals surface area (Å²) in [6, 6.07) is 0. The highest BCUT2D eigenvalue weighted by atomic mass is 16.7. The van der Waals surface area contributed by atoms with Gasteiger partial charge in [-0.25, -0.2) is 4.79 Å². The molecular formula is C28H42O6. The summed E-state index contributed by atoms with van der Waals surface area (Å²) in [5, 5.41) is 39.6. The van der Waals surface area contributed by atoms with E-state index < -0.39 is 30.1 Å². The van der Waals surface area contributed by atoms with Crippen LogP contribution in [0.15, 0.2) is 47.6 Å². The minimum Gasteiger partial charge on any atom is -0.450 e.